The second-order valence-corrected chi connectivity index (χ2v) is 9.76. The lowest BCUT2D eigenvalue weighted by molar-refractivity contribution is 0.148. The zero-order valence-corrected chi connectivity index (χ0v) is 22.1. The van der Waals surface area contributed by atoms with E-state index in [-0.39, 0.29) is 5.92 Å². The fourth-order valence-corrected chi connectivity index (χ4v) is 5.34. The van der Waals surface area contributed by atoms with Gasteiger partial charge in [-0.2, -0.15) is 5.26 Å². The molecule has 2 atom stereocenters. The van der Waals surface area contributed by atoms with Crippen LogP contribution < -0.4 is 18.9 Å². The first-order valence-electron chi connectivity index (χ1n) is 12.5. The van der Waals surface area contributed by atoms with Crippen LogP contribution in [0, 0.1) is 23.2 Å². The molecule has 1 aliphatic heterocycles. The van der Waals surface area contributed by atoms with Crippen LogP contribution in [-0.2, 0) is 11.8 Å². The Hall–Kier alpha value is -2.91. The first-order chi connectivity index (χ1) is 16.9. The molecule has 6 nitrogen and oxygen atoms in total. The van der Waals surface area contributed by atoms with Crippen molar-refractivity contribution in [1.29, 1.82) is 5.26 Å². The molecule has 1 heterocycles. The number of nitrogens with zero attached hydrogens (tertiary/aromatic N) is 2. The summed E-state index contributed by atoms with van der Waals surface area (Å²) in [4.78, 5) is 2.54. The summed E-state index contributed by atoms with van der Waals surface area (Å²) in [5.41, 5.74) is 1.68. The van der Waals surface area contributed by atoms with Gasteiger partial charge in [-0.25, -0.2) is 0 Å². The second kappa shape index (κ2) is 12.2. The minimum absolute atomic E-state index is 0.174. The van der Waals surface area contributed by atoms with Crippen LogP contribution >= 0.6 is 0 Å². The van der Waals surface area contributed by atoms with Gasteiger partial charge in [0.1, 0.15) is 0 Å². The highest BCUT2D eigenvalue weighted by Gasteiger charge is 2.40. The van der Waals surface area contributed by atoms with E-state index in [2.05, 4.69) is 36.9 Å². The highest BCUT2D eigenvalue weighted by molar-refractivity contribution is 5.47. The van der Waals surface area contributed by atoms with Gasteiger partial charge in [0.2, 0.25) is 0 Å². The quantitative estimate of drug-likeness (QED) is 0.424. The van der Waals surface area contributed by atoms with E-state index in [0.29, 0.717) is 17.4 Å². The molecule has 6 heteroatoms. The number of piperidine rings is 1. The summed E-state index contributed by atoms with van der Waals surface area (Å²) in [7, 11) is 6.61. The predicted octanol–water partition coefficient (Wildman–Crippen LogP) is 5.48. The van der Waals surface area contributed by atoms with E-state index in [4.69, 9.17) is 18.9 Å². The Morgan fingerprint density at radius 1 is 0.943 bits per heavy atom. The SMILES string of the molecule is COc1ccc(CCN2CCC[C@@H](CC(C#N)(c3ccc(OC)c(OC)c3)C(C)C)C2)cc1OC. The van der Waals surface area contributed by atoms with Crippen molar-refractivity contribution >= 4 is 0 Å². The summed E-state index contributed by atoms with van der Waals surface area (Å²) in [5, 5.41) is 10.5. The molecule has 0 spiro atoms. The highest BCUT2D eigenvalue weighted by Crippen LogP contribution is 2.43. The topological polar surface area (TPSA) is 64.0 Å². The fraction of sp³-hybridized carbons (Fsp3) is 0.552. The van der Waals surface area contributed by atoms with E-state index in [1.165, 1.54) is 5.56 Å². The standard InChI is InChI=1S/C29H40N2O4/c1-21(2)29(20-30,24-10-12-26(33-4)28(17-24)35-6)18-23-8-7-14-31(19-23)15-13-22-9-11-25(32-3)27(16-22)34-5/h9-12,16-17,21,23H,7-8,13-15,18-19H2,1-6H3/t23-,29?/m0/s1. The van der Waals surface area contributed by atoms with Crippen molar-refractivity contribution in [2.75, 3.05) is 48.1 Å². The number of nitriles is 1. The molecule has 0 saturated carbocycles. The molecule has 1 unspecified atom stereocenters. The molecule has 1 saturated heterocycles. The largest absolute Gasteiger partial charge is 0.493 e. The fourth-order valence-electron chi connectivity index (χ4n) is 5.34. The van der Waals surface area contributed by atoms with Crippen LogP contribution in [0.3, 0.4) is 0 Å². The molecule has 0 radical (unpaired) electrons. The van der Waals surface area contributed by atoms with Gasteiger partial charge in [0.15, 0.2) is 23.0 Å². The van der Waals surface area contributed by atoms with Crippen molar-refractivity contribution < 1.29 is 18.9 Å². The van der Waals surface area contributed by atoms with Crippen LogP contribution in [0.5, 0.6) is 23.0 Å². The Kier molecular flexibility index (Phi) is 9.28. The molecule has 1 aliphatic rings. The lowest BCUT2D eigenvalue weighted by Gasteiger charge is -2.39. The number of rotatable bonds is 11. The molecule has 0 N–H and O–H groups in total. The number of hydrogen-bond acceptors (Lipinski definition) is 6. The number of likely N-dealkylation sites (tertiary alicyclic amines) is 1. The van der Waals surface area contributed by atoms with Crippen LogP contribution in [-0.4, -0.2) is 53.0 Å². The summed E-state index contributed by atoms with van der Waals surface area (Å²) < 4.78 is 21.8. The van der Waals surface area contributed by atoms with E-state index in [1.54, 1.807) is 28.4 Å². The molecule has 0 aromatic heterocycles. The van der Waals surface area contributed by atoms with Gasteiger partial charge in [0.25, 0.3) is 0 Å². The minimum atomic E-state index is -0.573. The second-order valence-electron chi connectivity index (χ2n) is 9.76. The third-order valence-electron chi connectivity index (χ3n) is 7.46. The van der Waals surface area contributed by atoms with E-state index in [1.807, 2.05) is 24.3 Å². The normalized spacial score (nSPS) is 17.9. The van der Waals surface area contributed by atoms with Crippen molar-refractivity contribution in [3.8, 4) is 29.1 Å². The Labute approximate surface area is 210 Å². The van der Waals surface area contributed by atoms with Crippen LogP contribution in [0.15, 0.2) is 36.4 Å². The predicted molar refractivity (Wildman–Crippen MR) is 139 cm³/mol. The van der Waals surface area contributed by atoms with Gasteiger partial charge in [-0.3, -0.25) is 0 Å². The van der Waals surface area contributed by atoms with Gasteiger partial charge in [0, 0.05) is 13.1 Å². The first-order valence-corrected chi connectivity index (χ1v) is 12.5. The van der Waals surface area contributed by atoms with Gasteiger partial charge < -0.3 is 23.8 Å². The van der Waals surface area contributed by atoms with Crippen LogP contribution in [0.4, 0.5) is 0 Å². The summed E-state index contributed by atoms with van der Waals surface area (Å²) in [6, 6.07) is 14.8. The summed E-state index contributed by atoms with van der Waals surface area (Å²) in [5.74, 6) is 3.52. The van der Waals surface area contributed by atoms with Gasteiger partial charge in [-0.1, -0.05) is 26.0 Å². The van der Waals surface area contributed by atoms with Gasteiger partial charge in [-0.15, -0.1) is 0 Å². The van der Waals surface area contributed by atoms with Crippen molar-refractivity contribution in [1.82, 2.24) is 4.90 Å². The summed E-state index contributed by atoms with van der Waals surface area (Å²) in [6.07, 6.45) is 4.10. The maximum atomic E-state index is 10.5. The average Bonchev–Trinajstić information content (AvgIpc) is 2.89. The maximum Gasteiger partial charge on any atom is 0.161 e. The lowest BCUT2D eigenvalue weighted by Crippen LogP contribution is -2.41. The molecule has 2 aromatic carbocycles. The van der Waals surface area contributed by atoms with E-state index in [0.717, 1.165) is 62.4 Å². The van der Waals surface area contributed by atoms with Gasteiger partial charge >= 0.3 is 0 Å². The van der Waals surface area contributed by atoms with Crippen LogP contribution in [0.1, 0.15) is 44.2 Å². The molecule has 2 aromatic rings. The number of benzene rings is 2. The molecule has 1 fully saturated rings. The third-order valence-corrected chi connectivity index (χ3v) is 7.46. The molecule has 0 amide bonds. The van der Waals surface area contributed by atoms with Crippen molar-refractivity contribution in [2.45, 2.75) is 44.9 Å². The average molecular weight is 481 g/mol. The number of ether oxygens (including phenoxy) is 4. The van der Waals surface area contributed by atoms with Crippen molar-refractivity contribution in [3.63, 3.8) is 0 Å². The summed E-state index contributed by atoms with van der Waals surface area (Å²) in [6.45, 7) is 7.40. The molecular formula is C29H40N2O4. The smallest absolute Gasteiger partial charge is 0.161 e. The zero-order valence-electron chi connectivity index (χ0n) is 22.1. The summed E-state index contributed by atoms with van der Waals surface area (Å²) >= 11 is 0. The zero-order chi connectivity index (χ0) is 25.4. The highest BCUT2D eigenvalue weighted by atomic mass is 16.5. The van der Waals surface area contributed by atoms with Gasteiger partial charge in [-0.05, 0) is 79.5 Å². The van der Waals surface area contributed by atoms with Crippen molar-refractivity contribution in [3.05, 3.63) is 47.5 Å². The number of methoxy groups -OCH3 is 4. The van der Waals surface area contributed by atoms with Crippen LogP contribution in [0.25, 0.3) is 0 Å². The lowest BCUT2D eigenvalue weighted by atomic mass is 9.66. The molecule has 0 aliphatic carbocycles. The molecular weight excluding hydrogens is 440 g/mol. The molecule has 190 valence electrons. The Morgan fingerprint density at radius 2 is 1.57 bits per heavy atom. The molecule has 3 rings (SSSR count). The van der Waals surface area contributed by atoms with Crippen molar-refractivity contribution in [2.24, 2.45) is 11.8 Å². The third kappa shape index (κ3) is 6.02. The monoisotopic (exact) mass is 480 g/mol. The Bertz CT molecular complexity index is 1020. The Morgan fingerprint density at radius 3 is 2.17 bits per heavy atom. The molecule has 35 heavy (non-hydrogen) atoms. The first kappa shape index (κ1) is 26.7. The van der Waals surface area contributed by atoms with Gasteiger partial charge in [0.05, 0.1) is 39.9 Å². The van der Waals surface area contributed by atoms with E-state index >= 15 is 0 Å². The Balaban J connectivity index is 1.72. The van der Waals surface area contributed by atoms with Crippen LogP contribution in [0.2, 0.25) is 0 Å². The minimum Gasteiger partial charge on any atom is -0.493 e. The van der Waals surface area contributed by atoms with E-state index < -0.39 is 5.41 Å². The molecule has 0 bridgehead atoms. The number of hydrogen-bond donors (Lipinski definition) is 0. The maximum absolute atomic E-state index is 10.5. The van der Waals surface area contributed by atoms with E-state index in [9.17, 15) is 5.26 Å².